The maximum absolute atomic E-state index is 12.3. The van der Waals surface area contributed by atoms with Gasteiger partial charge in [-0.15, -0.1) is 0 Å². The predicted molar refractivity (Wildman–Crippen MR) is 97.4 cm³/mol. The molecule has 2 aromatic rings. The van der Waals surface area contributed by atoms with Crippen LogP contribution in [0.25, 0.3) is 6.08 Å². The molecule has 0 spiro atoms. The van der Waals surface area contributed by atoms with Crippen LogP contribution in [-0.4, -0.2) is 11.0 Å². The van der Waals surface area contributed by atoms with Crippen LogP contribution in [0.4, 0.5) is 0 Å². The van der Waals surface area contributed by atoms with Crippen LogP contribution in [0, 0.1) is 11.3 Å². The normalized spacial score (nSPS) is 12.3. The number of aromatic hydroxyl groups is 1. The first kappa shape index (κ1) is 18.1. The van der Waals surface area contributed by atoms with Crippen LogP contribution >= 0.6 is 27.5 Å². The number of hydrogen-bond acceptors (Lipinski definition) is 3. The van der Waals surface area contributed by atoms with Gasteiger partial charge in [-0.2, -0.15) is 5.26 Å². The van der Waals surface area contributed by atoms with Gasteiger partial charge >= 0.3 is 0 Å². The first-order chi connectivity index (χ1) is 11.4. The maximum atomic E-state index is 12.3. The van der Waals surface area contributed by atoms with Crippen molar-refractivity contribution in [2.24, 2.45) is 0 Å². The molecule has 6 heteroatoms. The average Bonchev–Trinajstić information content (AvgIpc) is 2.57. The Bertz CT molecular complexity index is 829. The molecule has 4 nitrogen and oxygen atoms in total. The van der Waals surface area contributed by atoms with Gasteiger partial charge in [-0.1, -0.05) is 41.9 Å². The van der Waals surface area contributed by atoms with E-state index in [1.807, 2.05) is 43.3 Å². The van der Waals surface area contributed by atoms with Crippen LogP contribution in [-0.2, 0) is 4.79 Å². The van der Waals surface area contributed by atoms with Crippen LogP contribution in [0.2, 0.25) is 5.02 Å². The van der Waals surface area contributed by atoms with E-state index in [0.717, 1.165) is 5.56 Å². The van der Waals surface area contributed by atoms with Crippen molar-refractivity contribution in [1.82, 2.24) is 5.32 Å². The summed E-state index contributed by atoms with van der Waals surface area (Å²) in [6, 6.07) is 14.0. The summed E-state index contributed by atoms with van der Waals surface area (Å²) in [7, 11) is 0. The summed E-state index contributed by atoms with van der Waals surface area (Å²) in [6.07, 6.45) is 1.30. The molecule has 0 aliphatic rings. The van der Waals surface area contributed by atoms with Crippen molar-refractivity contribution in [3.05, 3.63) is 68.7 Å². The lowest BCUT2D eigenvalue weighted by Crippen LogP contribution is -2.27. The third-order valence-corrected chi connectivity index (χ3v) is 4.19. The molecule has 0 bridgehead atoms. The summed E-state index contributed by atoms with van der Waals surface area (Å²) in [5.74, 6) is -0.611. The van der Waals surface area contributed by atoms with Gasteiger partial charge in [0.05, 0.1) is 10.5 Å². The zero-order chi connectivity index (χ0) is 17.7. The lowest BCUT2D eigenvalue weighted by molar-refractivity contribution is -0.117. The molecule has 0 unspecified atom stereocenters. The van der Waals surface area contributed by atoms with E-state index in [0.29, 0.717) is 9.50 Å². The maximum Gasteiger partial charge on any atom is 0.262 e. The highest BCUT2D eigenvalue weighted by Crippen LogP contribution is 2.32. The number of nitrogens with one attached hydrogen (secondary N) is 1. The number of hydrogen-bond donors (Lipinski definition) is 2. The van der Waals surface area contributed by atoms with Crippen LogP contribution in [0.5, 0.6) is 5.75 Å². The molecule has 0 aliphatic heterocycles. The summed E-state index contributed by atoms with van der Waals surface area (Å²) in [6.45, 7) is 1.83. The Balaban J connectivity index is 2.25. The molecule has 24 heavy (non-hydrogen) atoms. The minimum atomic E-state index is -0.524. The average molecular weight is 406 g/mol. The number of amides is 1. The molecular weight excluding hydrogens is 392 g/mol. The number of nitrogens with zero attached hydrogens (tertiary/aromatic N) is 1. The molecule has 0 fully saturated rings. The Morgan fingerprint density at radius 3 is 2.67 bits per heavy atom. The third-order valence-electron chi connectivity index (χ3n) is 3.37. The molecule has 1 amide bonds. The van der Waals surface area contributed by atoms with E-state index in [-0.39, 0.29) is 22.9 Å². The lowest BCUT2D eigenvalue weighted by Gasteiger charge is -2.14. The summed E-state index contributed by atoms with van der Waals surface area (Å²) >= 11 is 9.11. The van der Waals surface area contributed by atoms with Crippen molar-refractivity contribution >= 4 is 39.5 Å². The first-order valence-corrected chi connectivity index (χ1v) is 8.25. The van der Waals surface area contributed by atoms with Gasteiger partial charge in [0.25, 0.3) is 5.91 Å². The molecule has 2 N–H and O–H groups in total. The van der Waals surface area contributed by atoms with Gasteiger partial charge in [0, 0.05) is 10.6 Å². The molecule has 0 saturated carbocycles. The van der Waals surface area contributed by atoms with E-state index in [1.165, 1.54) is 18.2 Å². The molecule has 0 saturated heterocycles. The zero-order valence-corrected chi connectivity index (χ0v) is 15.1. The molecule has 2 aromatic carbocycles. The van der Waals surface area contributed by atoms with E-state index in [2.05, 4.69) is 21.2 Å². The number of phenolic OH excluding ortho intramolecular Hbond substituents is 1. The predicted octanol–water partition coefficient (Wildman–Crippen LogP) is 4.59. The number of phenols is 1. The van der Waals surface area contributed by atoms with E-state index in [4.69, 9.17) is 11.6 Å². The highest BCUT2D eigenvalue weighted by atomic mass is 79.9. The van der Waals surface area contributed by atoms with Crippen molar-refractivity contribution in [3.8, 4) is 11.8 Å². The summed E-state index contributed by atoms with van der Waals surface area (Å²) < 4.78 is 0.386. The lowest BCUT2D eigenvalue weighted by atomic mass is 10.1. The van der Waals surface area contributed by atoms with Crippen molar-refractivity contribution < 1.29 is 9.90 Å². The van der Waals surface area contributed by atoms with Gasteiger partial charge in [-0.3, -0.25) is 4.79 Å². The number of carbonyl (C=O) groups excluding carboxylic acids is 1. The second kappa shape index (κ2) is 8.00. The minimum absolute atomic E-state index is 0.0870. The van der Waals surface area contributed by atoms with Crippen LogP contribution in [0.1, 0.15) is 24.1 Å². The fourth-order valence-electron chi connectivity index (χ4n) is 2.10. The van der Waals surface area contributed by atoms with Gasteiger partial charge in [0.2, 0.25) is 0 Å². The molecule has 122 valence electrons. The summed E-state index contributed by atoms with van der Waals surface area (Å²) in [5, 5.41) is 22.4. The second-order valence-corrected chi connectivity index (χ2v) is 6.39. The topological polar surface area (TPSA) is 73.1 Å². The van der Waals surface area contributed by atoms with Crippen molar-refractivity contribution in [1.29, 1.82) is 5.26 Å². The second-order valence-electron chi connectivity index (χ2n) is 5.10. The SMILES string of the molecule is C[C@@H](NC(=O)/C(C#N)=C\c1cc(Cl)cc(Br)c1O)c1ccccc1. The molecular formula is C18H14BrClN2O2. The Labute approximate surface area is 153 Å². The first-order valence-electron chi connectivity index (χ1n) is 7.08. The van der Waals surface area contributed by atoms with Gasteiger partial charge in [0.1, 0.15) is 17.4 Å². The van der Waals surface area contributed by atoms with Gasteiger partial charge in [0.15, 0.2) is 0 Å². The largest absolute Gasteiger partial charge is 0.506 e. The standard InChI is InChI=1S/C18H14BrClN2O2/c1-11(12-5-3-2-4-6-12)22-18(24)14(10-21)7-13-8-15(20)9-16(19)17(13)23/h2-9,11,23H,1H3,(H,22,24)/b14-7-/t11-/m1/s1. The molecule has 0 aromatic heterocycles. The Morgan fingerprint density at radius 2 is 2.04 bits per heavy atom. The fourth-order valence-corrected chi connectivity index (χ4v) is 2.93. The Kier molecular flexibility index (Phi) is 6.02. The smallest absolute Gasteiger partial charge is 0.262 e. The Hall–Kier alpha value is -2.29. The van der Waals surface area contributed by atoms with E-state index < -0.39 is 5.91 Å². The quantitative estimate of drug-likeness (QED) is 0.577. The van der Waals surface area contributed by atoms with Crippen molar-refractivity contribution in [2.45, 2.75) is 13.0 Å². The van der Waals surface area contributed by atoms with Crippen molar-refractivity contribution in [3.63, 3.8) is 0 Å². The molecule has 0 radical (unpaired) electrons. The molecule has 0 aliphatic carbocycles. The number of rotatable bonds is 4. The van der Waals surface area contributed by atoms with Gasteiger partial charge in [-0.05, 0) is 46.6 Å². The van der Waals surface area contributed by atoms with Crippen LogP contribution < -0.4 is 5.32 Å². The highest BCUT2D eigenvalue weighted by molar-refractivity contribution is 9.10. The number of halogens is 2. The molecule has 2 rings (SSSR count). The number of nitriles is 1. The minimum Gasteiger partial charge on any atom is -0.506 e. The highest BCUT2D eigenvalue weighted by Gasteiger charge is 2.15. The molecule has 0 heterocycles. The number of benzene rings is 2. The summed E-state index contributed by atoms with van der Waals surface area (Å²) in [5.41, 5.74) is 1.09. The Morgan fingerprint density at radius 1 is 1.38 bits per heavy atom. The zero-order valence-electron chi connectivity index (χ0n) is 12.8. The van der Waals surface area contributed by atoms with Crippen LogP contribution in [0.15, 0.2) is 52.5 Å². The number of carbonyl (C=O) groups is 1. The fraction of sp³-hybridized carbons (Fsp3) is 0.111. The van der Waals surface area contributed by atoms with E-state index >= 15 is 0 Å². The van der Waals surface area contributed by atoms with Crippen molar-refractivity contribution in [2.75, 3.05) is 0 Å². The van der Waals surface area contributed by atoms with E-state index in [1.54, 1.807) is 0 Å². The third kappa shape index (κ3) is 4.38. The monoisotopic (exact) mass is 404 g/mol. The van der Waals surface area contributed by atoms with Crippen LogP contribution in [0.3, 0.4) is 0 Å². The van der Waals surface area contributed by atoms with Gasteiger partial charge < -0.3 is 10.4 Å². The van der Waals surface area contributed by atoms with Gasteiger partial charge in [-0.25, -0.2) is 0 Å². The van der Waals surface area contributed by atoms with E-state index in [9.17, 15) is 15.2 Å². The molecule has 1 atom stereocenters. The summed E-state index contributed by atoms with van der Waals surface area (Å²) in [4.78, 5) is 12.3.